The van der Waals surface area contributed by atoms with Gasteiger partial charge in [-0.1, -0.05) is 29.8 Å². The average molecular weight is 380 g/mol. The summed E-state index contributed by atoms with van der Waals surface area (Å²) in [7, 11) is 1.26. The standard InChI is InChI=1S/C17H18BrNO4/c1-17(2)8-13(20)12(15(21)14(17)16(22)23-3)9-19-11-6-4-10(18)5-7-11/h4-7,9,14,21H,8H2,1-3H3/t14-/m0/s1. The summed E-state index contributed by atoms with van der Waals surface area (Å²) < 4.78 is 5.68. The first-order valence-corrected chi connectivity index (χ1v) is 7.89. The lowest BCUT2D eigenvalue weighted by Gasteiger charge is -2.35. The van der Waals surface area contributed by atoms with E-state index < -0.39 is 17.3 Å². The van der Waals surface area contributed by atoms with Gasteiger partial charge in [-0.25, -0.2) is 0 Å². The van der Waals surface area contributed by atoms with E-state index in [0.29, 0.717) is 5.69 Å². The summed E-state index contributed by atoms with van der Waals surface area (Å²) in [5.41, 5.74) is -0.00756. The Hall–Kier alpha value is -1.95. The molecule has 0 fully saturated rings. The molecule has 0 radical (unpaired) electrons. The summed E-state index contributed by atoms with van der Waals surface area (Å²) in [4.78, 5) is 28.5. The van der Waals surface area contributed by atoms with Crippen LogP contribution in [0.25, 0.3) is 0 Å². The van der Waals surface area contributed by atoms with Crippen molar-refractivity contribution >= 4 is 39.6 Å². The zero-order valence-electron chi connectivity index (χ0n) is 13.2. The lowest BCUT2D eigenvalue weighted by atomic mass is 9.68. The predicted molar refractivity (Wildman–Crippen MR) is 90.9 cm³/mol. The zero-order chi connectivity index (χ0) is 17.2. The molecule has 0 unspecified atom stereocenters. The molecule has 1 aliphatic rings. The molecule has 0 saturated heterocycles. The van der Waals surface area contributed by atoms with Crippen LogP contribution in [0.15, 0.2) is 45.1 Å². The van der Waals surface area contributed by atoms with Crippen LogP contribution in [0.3, 0.4) is 0 Å². The fourth-order valence-corrected chi connectivity index (χ4v) is 2.90. The molecule has 1 aliphatic carbocycles. The number of halogens is 1. The van der Waals surface area contributed by atoms with Gasteiger partial charge in [-0.2, -0.15) is 0 Å². The maximum Gasteiger partial charge on any atom is 0.316 e. The normalized spacial score (nSPS) is 20.9. The van der Waals surface area contributed by atoms with Crippen LogP contribution in [0.2, 0.25) is 0 Å². The molecule has 0 saturated carbocycles. The number of hydrogen-bond donors (Lipinski definition) is 1. The number of aliphatic hydroxyl groups excluding tert-OH is 1. The van der Waals surface area contributed by atoms with E-state index in [4.69, 9.17) is 4.74 Å². The van der Waals surface area contributed by atoms with Gasteiger partial charge in [-0.05, 0) is 29.7 Å². The first-order valence-electron chi connectivity index (χ1n) is 7.10. The van der Waals surface area contributed by atoms with Crippen molar-refractivity contribution < 1.29 is 19.4 Å². The van der Waals surface area contributed by atoms with Crippen LogP contribution in [-0.2, 0) is 14.3 Å². The molecule has 0 aliphatic heterocycles. The third kappa shape index (κ3) is 3.69. The van der Waals surface area contributed by atoms with Gasteiger partial charge in [0, 0.05) is 17.1 Å². The van der Waals surface area contributed by atoms with E-state index in [1.807, 2.05) is 12.1 Å². The highest BCUT2D eigenvalue weighted by atomic mass is 79.9. The number of aliphatic hydroxyl groups is 1. The number of Topliss-reactive ketones (excluding diaryl/α,β-unsaturated/α-hetero) is 1. The number of ether oxygens (including phenoxy) is 1. The van der Waals surface area contributed by atoms with Gasteiger partial charge in [0.05, 0.1) is 18.4 Å². The first-order chi connectivity index (χ1) is 10.8. The molecule has 0 spiro atoms. The van der Waals surface area contributed by atoms with E-state index in [1.54, 1.807) is 26.0 Å². The second-order valence-electron chi connectivity index (χ2n) is 6.08. The Morgan fingerprint density at radius 3 is 2.57 bits per heavy atom. The molecule has 1 atom stereocenters. The number of aliphatic imine (C=N–C) groups is 1. The lowest BCUT2D eigenvalue weighted by Crippen LogP contribution is -2.40. The van der Waals surface area contributed by atoms with Gasteiger partial charge >= 0.3 is 5.97 Å². The van der Waals surface area contributed by atoms with E-state index in [-0.39, 0.29) is 23.5 Å². The number of carbonyl (C=O) groups is 2. The average Bonchev–Trinajstić information content (AvgIpc) is 2.47. The Morgan fingerprint density at radius 2 is 2.00 bits per heavy atom. The molecule has 1 N–H and O–H groups in total. The number of hydrogen-bond acceptors (Lipinski definition) is 5. The van der Waals surface area contributed by atoms with Crippen molar-refractivity contribution in [2.45, 2.75) is 20.3 Å². The molecule has 2 rings (SSSR count). The number of carbonyl (C=O) groups excluding carboxylic acids is 2. The summed E-state index contributed by atoms with van der Waals surface area (Å²) in [6.45, 7) is 3.51. The summed E-state index contributed by atoms with van der Waals surface area (Å²) >= 11 is 3.33. The number of allylic oxidation sites excluding steroid dienone is 1. The molecule has 0 amide bonds. The van der Waals surface area contributed by atoms with Crippen molar-refractivity contribution in [1.82, 2.24) is 0 Å². The molecule has 1 aromatic rings. The van der Waals surface area contributed by atoms with E-state index in [2.05, 4.69) is 20.9 Å². The van der Waals surface area contributed by atoms with Crippen molar-refractivity contribution in [2.75, 3.05) is 7.11 Å². The molecule has 5 nitrogen and oxygen atoms in total. The van der Waals surface area contributed by atoms with Gasteiger partial charge in [0.15, 0.2) is 5.78 Å². The number of rotatable bonds is 3. The molecule has 1 aromatic carbocycles. The Labute approximate surface area is 143 Å². The summed E-state index contributed by atoms with van der Waals surface area (Å²) in [5, 5.41) is 10.4. The van der Waals surface area contributed by atoms with Crippen molar-refractivity contribution in [1.29, 1.82) is 0 Å². The van der Waals surface area contributed by atoms with Gasteiger partial charge in [-0.3, -0.25) is 14.6 Å². The van der Waals surface area contributed by atoms with Gasteiger partial charge in [0.25, 0.3) is 0 Å². The van der Waals surface area contributed by atoms with E-state index >= 15 is 0 Å². The summed E-state index contributed by atoms with van der Waals surface area (Å²) in [6, 6.07) is 7.19. The number of ketones is 1. The Balaban J connectivity index is 2.40. The molecule has 122 valence electrons. The highest BCUT2D eigenvalue weighted by molar-refractivity contribution is 9.10. The minimum absolute atomic E-state index is 0.0580. The maximum absolute atomic E-state index is 12.3. The van der Waals surface area contributed by atoms with E-state index in [0.717, 1.165) is 4.47 Å². The van der Waals surface area contributed by atoms with Gasteiger partial charge < -0.3 is 9.84 Å². The monoisotopic (exact) mass is 379 g/mol. The van der Waals surface area contributed by atoms with Crippen LogP contribution in [0, 0.1) is 11.3 Å². The second kappa shape index (κ2) is 6.66. The molecule has 6 heteroatoms. The van der Waals surface area contributed by atoms with E-state index in [9.17, 15) is 14.7 Å². The number of nitrogens with zero attached hydrogens (tertiary/aromatic N) is 1. The Bertz CT molecular complexity index is 689. The summed E-state index contributed by atoms with van der Waals surface area (Å²) in [5.74, 6) is -1.96. The molecule has 0 heterocycles. The predicted octanol–water partition coefficient (Wildman–Crippen LogP) is 3.75. The Morgan fingerprint density at radius 1 is 1.39 bits per heavy atom. The topological polar surface area (TPSA) is 76.0 Å². The fraction of sp³-hybridized carbons (Fsp3) is 0.353. The van der Waals surface area contributed by atoms with Crippen molar-refractivity contribution in [3.05, 3.63) is 40.1 Å². The van der Waals surface area contributed by atoms with Gasteiger partial charge in [-0.15, -0.1) is 0 Å². The van der Waals surface area contributed by atoms with Crippen LogP contribution in [0.1, 0.15) is 20.3 Å². The molecule has 0 aromatic heterocycles. The largest absolute Gasteiger partial charge is 0.511 e. The molecule has 0 bridgehead atoms. The minimum Gasteiger partial charge on any atom is -0.511 e. The minimum atomic E-state index is -0.878. The van der Waals surface area contributed by atoms with Crippen molar-refractivity contribution in [2.24, 2.45) is 16.3 Å². The highest BCUT2D eigenvalue weighted by Crippen LogP contribution is 2.41. The second-order valence-corrected chi connectivity index (χ2v) is 6.99. The number of esters is 1. The first kappa shape index (κ1) is 17.4. The van der Waals surface area contributed by atoms with Crippen LogP contribution in [0.4, 0.5) is 5.69 Å². The molecular formula is C17H18BrNO4. The van der Waals surface area contributed by atoms with Crippen LogP contribution >= 0.6 is 15.9 Å². The third-order valence-corrected chi connectivity index (χ3v) is 4.38. The van der Waals surface area contributed by atoms with E-state index in [1.165, 1.54) is 13.3 Å². The SMILES string of the molecule is COC(=O)[C@@H]1C(O)=C(C=Nc2ccc(Br)cc2)C(=O)CC1(C)C. The number of methoxy groups -OCH3 is 1. The fourth-order valence-electron chi connectivity index (χ4n) is 2.63. The van der Waals surface area contributed by atoms with Crippen molar-refractivity contribution in [3.63, 3.8) is 0 Å². The van der Waals surface area contributed by atoms with Gasteiger partial charge in [0.2, 0.25) is 0 Å². The quantitative estimate of drug-likeness (QED) is 0.640. The van der Waals surface area contributed by atoms with Crippen LogP contribution in [0.5, 0.6) is 0 Å². The third-order valence-electron chi connectivity index (χ3n) is 3.85. The Kier molecular flexibility index (Phi) is 5.04. The number of benzene rings is 1. The van der Waals surface area contributed by atoms with Gasteiger partial charge in [0.1, 0.15) is 11.7 Å². The van der Waals surface area contributed by atoms with Crippen molar-refractivity contribution in [3.8, 4) is 0 Å². The smallest absolute Gasteiger partial charge is 0.316 e. The highest BCUT2D eigenvalue weighted by Gasteiger charge is 2.46. The van der Waals surface area contributed by atoms with Crippen LogP contribution < -0.4 is 0 Å². The molecular weight excluding hydrogens is 362 g/mol. The lowest BCUT2D eigenvalue weighted by molar-refractivity contribution is -0.150. The molecule has 23 heavy (non-hydrogen) atoms. The zero-order valence-corrected chi connectivity index (χ0v) is 14.8. The summed E-state index contributed by atoms with van der Waals surface area (Å²) in [6.07, 6.45) is 1.45. The maximum atomic E-state index is 12.3. The van der Waals surface area contributed by atoms with Crippen LogP contribution in [-0.4, -0.2) is 30.2 Å².